The highest BCUT2D eigenvalue weighted by molar-refractivity contribution is 5.94. The number of rotatable bonds is 5. The van der Waals surface area contributed by atoms with E-state index in [4.69, 9.17) is 16.2 Å². The van der Waals surface area contributed by atoms with E-state index in [0.717, 1.165) is 32.4 Å². The zero-order valence-corrected chi connectivity index (χ0v) is 11.6. The van der Waals surface area contributed by atoms with Crippen molar-refractivity contribution in [2.24, 2.45) is 11.7 Å². The van der Waals surface area contributed by atoms with Gasteiger partial charge in [-0.1, -0.05) is 12.1 Å². The Morgan fingerprint density at radius 3 is 2.95 bits per heavy atom. The van der Waals surface area contributed by atoms with Gasteiger partial charge < -0.3 is 10.8 Å². The Kier molecular flexibility index (Phi) is 5.09. The molecular weight excluding hydrogens is 257 g/mol. The second kappa shape index (κ2) is 6.81. The second-order valence-electron chi connectivity index (χ2n) is 5.48. The zero-order valence-electron chi connectivity index (χ0n) is 11.6. The summed E-state index contributed by atoms with van der Waals surface area (Å²) < 4.78 is 14.0. The average molecular weight is 279 g/mol. The first-order chi connectivity index (χ1) is 9.60. The predicted molar refractivity (Wildman–Crippen MR) is 77.1 cm³/mol. The van der Waals surface area contributed by atoms with E-state index in [9.17, 15) is 4.39 Å². The van der Waals surface area contributed by atoms with Crippen molar-refractivity contribution in [3.8, 4) is 0 Å². The molecule has 0 aromatic heterocycles. The maximum absolute atomic E-state index is 14.0. The van der Waals surface area contributed by atoms with Crippen molar-refractivity contribution in [3.05, 3.63) is 35.1 Å². The summed E-state index contributed by atoms with van der Waals surface area (Å²) in [6.45, 7) is 2.68. The molecule has 1 unspecified atom stereocenters. The molecule has 1 fully saturated rings. The van der Waals surface area contributed by atoms with Gasteiger partial charge >= 0.3 is 0 Å². The van der Waals surface area contributed by atoms with E-state index in [2.05, 4.69) is 4.90 Å². The number of hydrogen-bond donors (Lipinski definition) is 3. The Morgan fingerprint density at radius 1 is 1.50 bits per heavy atom. The van der Waals surface area contributed by atoms with Crippen LogP contribution in [0.15, 0.2) is 18.2 Å². The Balaban J connectivity index is 2.00. The van der Waals surface area contributed by atoms with Crippen molar-refractivity contribution in [1.82, 2.24) is 4.90 Å². The van der Waals surface area contributed by atoms with Crippen LogP contribution >= 0.6 is 0 Å². The van der Waals surface area contributed by atoms with Gasteiger partial charge in [-0.3, -0.25) is 10.3 Å². The van der Waals surface area contributed by atoms with Gasteiger partial charge in [0.15, 0.2) is 0 Å². The van der Waals surface area contributed by atoms with Crippen LogP contribution in [0.2, 0.25) is 0 Å². The van der Waals surface area contributed by atoms with Crippen LogP contribution < -0.4 is 5.73 Å². The van der Waals surface area contributed by atoms with Gasteiger partial charge in [0, 0.05) is 30.8 Å². The van der Waals surface area contributed by atoms with Crippen LogP contribution in [0.5, 0.6) is 0 Å². The summed E-state index contributed by atoms with van der Waals surface area (Å²) in [5, 5.41) is 16.3. The Hall–Kier alpha value is -1.46. The summed E-state index contributed by atoms with van der Waals surface area (Å²) in [4.78, 5) is 2.23. The van der Waals surface area contributed by atoms with Gasteiger partial charge in [-0.25, -0.2) is 4.39 Å². The van der Waals surface area contributed by atoms with E-state index in [0.29, 0.717) is 23.6 Å². The third-order valence-electron chi connectivity index (χ3n) is 3.90. The van der Waals surface area contributed by atoms with Crippen LogP contribution in [-0.4, -0.2) is 35.5 Å². The number of aliphatic hydroxyl groups excluding tert-OH is 1. The maximum atomic E-state index is 14.0. The number of nitrogens with two attached hydrogens (primary N) is 1. The summed E-state index contributed by atoms with van der Waals surface area (Å²) in [7, 11) is 0. The van der Waals surface area contributed by atoms with Gasteiger partial charge in [-0.15, -0.1) is 0 Å². The van der Waals surface area contributed by atoms with Gasteiger partial charge in [-0.2, -0.15) is 0 Å². The number of likely N-dealkylation sites (tertiary alicyclic amines) is 1. The molecule has 4 nitrogen and oxygen atoms in total. The molecule has 5 heteroatoms. The number of piperidine rings is 1. The molecule has 1 atom stereocenters. The van der Waals surface area contributed by atoms with Crippen LogP contribution in [0.25, 0.3) is 0 Å². The molecule has 4 N–H and O–H groups in total. The van der Waals surface area contributed by atoms with Gasteiger partial charge in [0.25, 0.3) is 0 Å². The van der Waals surface area contributed by atoms with E-state index in [1.54, 1.807) is 12.1 Å². The van der Waals surface area contributed by atoms with E-state index >= 15 is 0 Å². The molecule has 1 aliphatic heterocycles. The minimum absolute atomic E-state index is 0.114. The molecule has 0 bridgehead atoms. The molecule has 110 valence electrons. The summed E-state index contributed by atoms with van der Waals surface area (Å²) in [5.74, 6) is 0.0896. The van der Waals surface area contributed by atoms with E-state index in [-0.39, 0.29) is 18.3 Å². The zero-order chi connectivity index (χ0) is 14.5. The molecule has 20 heavy (non-hydrogen) atoms. The SMILES string of the molecule is N=C(N)c1ccc(CN2CCCC(CCO)C2)c(F)c1. The number of aliphatic hydroxyl groups is 1. The number of amidine groups is 1. The molecule has 0 aliphatic carbocycles. The van der Waals surface area contributed by atoms with E-state index < -0.39 is 0 Å². The topological polar surface area (TPSA) is 73.3 Å². The summed E-state index contributed by atoms with van der Waals surface area (Å²) >= 11 is 0. The third-order valence-corrected chi connectivity index (χ3v) is 3.90. The van der Waals surface area contributed by atoms with Crippen molar-refractivity contribution < 1.29 is 9.50 Å². The molecule has 0 amide bonds. The molecule has 1 heterocycles. The molecule has 2 rings (SSSR count). The van der Waals surface area contributed by atoms with E-state index in [1.807, 2.05) is 0 Å². The molecule has 1 aromatic carbocycles. The summed E-state index contributed by atoms with van der Waals surface area (Å²) in [6, 6.07) is 4.73. The standard InChI is InChI=1S/C15H22FN3O/c16-14-8-12(15(17)18)3-4-13(14)10-19-6-1-2-11(9-19)5-7-20/h3-4,8,11,20H,1-2,5-7,9-10H2,(H3,17,18). The highest BCUT2D eigenvalue weighted by Crippen LogP contribution is 2.22. The van der Waals surface area contributed by atoms with Crippen LogP contribution in [0.4, 0.5) is 4.39 Å². The van der Waals surface area contributed by atoms with Crippen LogP contribution in [0.1, 0.15) is 30.4 Å². The lowest BCUT2D eigenvalue weighted by Gasteiger charge is -2.32. The van der Waals surface area contributed by atoms with Gasteiger partial charge in [-0.05, 0) is 37.8 Å². The first kappa shape index (κ1) is 14.9. The predicted octanol–water partition coefficient (Wildman–Crippen LogP) is 1.70. The van der Waals surface area contributed by atoms with E-state index in [1.165, 1.54) is 6.07 Å². The lowest BCUT2D eigenvalue weighted by atomic mass is 9.95. The van der Waals surface area contributed by atoms with Crippen molar-refractivity contribution >= 4 is 5.84 Å². The smallest absolute Gasteiger partial charge is 0.128 e. The van der Waals surface area contributed by atoms with Gasteiger partial charge in [0.2, 0.25) is 0 Å². The van der Waals surface area contributed by atoms with Crippen molar-refractivity contribution in [3.63, 3.8) is 0 Å². The fourth-order valence-corrected chi connectivity index (χ4v) is 2.80. The summed E-state index contributed by atoms with van der Waals surface area (Å²) in [5.41, 5.74) is 6.41. The number of nitrogens with zero attached hydrogens (tertiary/aromatic N) is 1. The summed E-state index contributed by atoms with van der Waals surface area (Å²) in [6.07, 6.45) is 3.06. The quantitative estimate of drug-likeness (QED) is 0.567. The number of halogens is 1. The molecular formula is C15H22FN3O. The van der Waals surface area contributed by atoms with Gasteiger partial charge in [0.05, 0.1) is 0 Å². The molecule has 0 radical (unpaired) electrons. The highest BCUT2D eigenvalue weighted by Gasteiger charge is 2.20. The largest absolute Gasteiger partial charge is 0.396 e. The highest BCUT2D eigenvalue weighted by atomic mass is 19.1. The first-order valence-corrected chi connectivity index (χ1v) is 7.06. The molecule has 1 aliphatic rings. The lowest BCUT2D eigenvalue weighted by Crippen LogP contribution is -2.35. The average Bonchev–Trinajstić information content (AvgIpc) is 2.42. The minimum Gasteiger partial charge on any atom is -0.396 e. The first-order valence-electron chi connectivity index (χ1n) is 7.06. The molecule has 1 saturated heterocycles. The number of nitrogens with one attached hydrogen (secondary N) is 1. The fourth-order valence-electron chi connectivity index (χ4n) is 2.80. The molecule has 0 saturated carbocycles. The van der Waals surface area contributed by atoms with Crippen LogP contribution in [0.3, 0.4) is 0 Å². The van der Waals surface area contributed by atoms with Crippen molar-refractivity contribution in [1.29, 1.82) is 5.41 Å². The monoisotopic (exact) mass is 279 g/mol. The maximum Gasteiger partial charge on any atom is 0.128 e. The van der Waals surface area contributed by atoms with Crippen molar-refractivity contribution in [2.45, 2.75) is 25.8 Å². The molecule has 0 spiro atoms. The Bertz CT molecular complexity index is 476. The number of nitrogen functional groups attached to an aromatic ring is 1. The normalized spacial score (nSPS) is 20.0. The Morgan fingerprint density at radius 2 is 2.30 bits per heavy atom. The van der Waals surface area contributed by atoms with Crippen LogP contribution in [0, 0.1) is 17.1 Å². The minimum atomic E-state index is -0.304. The van der Waals surface area contributed by atoms with Gasteiger partial charge in [0.1, 0.15) is 11.7 Å². The second-order valence-corrected chi connectivity index (χ2v) is 5.48. The third kappa shape index (κ3) is 3.77. The van der Waals surface area contributed by atoms with Crippen molar-refractivity contribution in [2.75, 3.05) is 19.7 Å². The number of hydrogen-bond acceptors (Lipinski definition) is 3. The van der Waals surface area contributed by atoms with Crippen LogP contribution in [-0.2, 0) is 6.54 Å². The fraction of sp³-hybridized carbons (Fsp3) is 0.533. The lowest BCUT2D eigenvalue weighted by molar-refractivity contribution is 0.141. The Labute approximate surface area is 118 Å². The molecule has 1 aromatic rings. The number of benzene rings is 1.